The maximum absolute atomic E-state index is 13.1. The van der Waals surface area contributed by atoms with E-state index in [2.05, 4.69) is 4.98 Å². The summed E-state index contributed by atoms with van der Waals surface area (Å²) in [5, 5.41) is 11.9. The van der Waals surface area contributed by atoms with Crippen molar-refractivity contribution in [3.8, 4) is 11.1 Å². The maximum Gasteiger partial charge on any atom is 0.315 e. The molecular formula is C18H19F4N3O4S. The number of carbonyl (C=O) groups excluding carboxylic acids is 1. The molecular weight excluding hydrogens is 430 g/mol. The minimum atomic E-state index is -3.99. The van der Waals surface area contributed by atoms with E-state index in [1.165, 1.54) is 24.4 Å². The van der Waals surface area contributed by atoms with Crippen molar-refractivity contribution in [1.82, 2.24) is 15.0 Å². The molecule has 30 heavy (non-hydrogen) atoms. The number of hydrogen-bond acceptors (Lipinski definition) is 5. The van der Waals surface area contributed by atoms with Crippen LogP contribution in [-0.4, -0.2) is 49.6 Å². The fourth-order valence-electron chi connectivity index (χ4n) is 2.47. The van der Waals surface area contributed by atoms with Gasteiger partial charge in [-0.25, -0.2) is 21.9 Å². The molecule has 0 fully saturated rings. The number of pyridine rings is 1. The highest BCUT2D eigenvalue weighted by atomic mass is 32.2. The number of hydrogen-bond donors (Lipinski definition) is 3. The molecule has 1 aromatic heterocycles. The van der Waals surface area contributed by atoms with Gasteiger partial charge in [-0.1, -0.05) is 30.3 Å². The Hall–Kier alpha value is -2.57. The average Bonchev–Trinajstić information content (AvgIpc) is 2.76. The first-order valence-electron chi connectivity index (χ1n) is 8.58. The zero-order valence-corrected chi connectivity index (χ0v) is 16.3. The first-order valence-corrected chi connectivity index (χ1v) is 10.2. The third kappa shape index (κ3) is 6.47. The van der Waals surface area contributed by atoms with E-state index in [1.807, 2.05) is 4.72 Å². The lowest BCUT2D eigenvalue weighted by Gasteiger charge is -2.22. The molecule has 0 radical (unpaired) electrons. The van der Waals surface area contributed by atoms with Gasteiger partial charge in [0.25, 0.3) is 5.91 Å². The monoisotopic (exact) mass is 449 g/mol. The average molecular weight is 449 g/mol. The zero-order chi connectivity index (χ0) is 22.3. The normalized spacial score (nSPS) is 13.8. The molecule has 12 heteroatoms. The third-order valence-corrected chi connectivity index (χ3v) is 4.97. The Morgan fingerprint density at radius 3 is 2.20 bits per heavy atom. The molecule has 0 spiro atoms. The van der Waals surface area contributed by atoms with Crippen LogP contribution in [0.3, 0.4) is 0 Å². The number of amides is 1. The van der Waals surface area contributed by atoms with Crippen molar-refractivity contribution < 1.29 is 35.9 Å². The Morgan fingerprint density at radius 2 is 1.70 bits per heavy atom. The number of carbonyl (C=O) groups is 1. The van der Waals surface area contributed by atoms with Crippen molar-refractivity contribution in [2.45, 2.75) is 25.1 Å². The number of alkyl halides is 4. The van der Waals surface area contributed by atoms with Gasteiger partial charge < -0.3 is 10.4 Å². The predicted octanol–water partition coefficient (Wildman–Crippen LogP) is 1.85. The first-order chi connectivity index (χ1) is 14.2. The summed E-state index contributed by atoms with van der Waals surface area (Å²) in [5.74, 6) is -1.67. The van der Waals surface area contributed by atoms with Crippen molar-refractivity contribution in [3.05, 3.63) is 53.9 Å². The highest BCUT2D eigenvalue weighted by molar-refractivity contribution is 7.89. The maximum atomic E-state index is 13.1. The van der Waals surface area contributed by atoms with Crippen LogP contribution in [0, 0.1) is 0 Å². The largest absolute Gasteiger partial charge is 0.386 e. The van der Waals surface area contributed by atoms with E-state index in [9.17, 15) is 35.9 Å². The summed E-state index contributed by atoms with van der Waals surface area (Å²) in [5.41, 5.74) is 1.87. The van der Waals surface area contributed by atoms with E-state index in [-0.39, 0.29) is 12.1 Å². The number of rotatable bonds is 10. The zero-order valence-electron chi connectivity index (χ0n) is 15.4. The molecule has 0 saturated heterocycles. The highest BCUT2D eigenvalue weighted by Gasteiger charge is 2.26. The minimum absolute atomic E-state index is 0.174. The molecule has 0 aliphatic heterocycles. The number of halogens is 4. The Labute approximate surface area is 170 Å². The first kappa shape index (κ1) is 23.7. The Morgan fingerprint density at radius 1 is 1.07 bits per heavy atom. The Balaban J connectivity index is 2.06. The fraction of sp³-hybridized carbons (Fsp3) is 0.333. The molecule has 0 bridgehead atoms. The van der Waals surface area contributed by atoms with Gasteiger partial charge in [-0.05, 0) is 17.2 Å². The van der Waals surface area contributed by atoms with E-state index in [4.69, 9.17) is 0 Å². The van der Waals surface area contributed by atoms with Crippen molar-refractivity contribution in [1.29, 1.82) is 0 Å². The lowest BCUT2D eigenvalue weighted by molar-refractivity contribution is -0.133. The standard InChI is InChI=1S/C18H19F4N3O4S/c19-7-15(25-18(27)17(21)22)16(26)12-3-1-11(2-4-12)13-5-6-14(23-8-13)9-24-30(28,29)10-20/h1-6,8,15-17,24,26H,7,9-10H2,(H,25,27)/t15-,16+/m1/s1. The summed E-state index contributed by atoms with van der Waals surface area (Å²) in [4.78, 5) is 15.1. The van der Waals surface area contributed by atoms with Crippen molar-refractivity contribution >= 4 is 15.9 Å². The molecule has 7 nitrogen and oxygen atoms in total. The lowest BCUT2D eigenvalue weighted by Crippen LogP contribution is -2.43. The van der Waals surface area contributed by atoms with Crippen LogP contribution in [0.4, 0.5) is 17.6 Å². The van der Waals surface area contributed by atoms with E-state index in [1.54, 1.807) is 23.5 Å². The summed E-state index contributed by atoms with van der Waals surface area (Å²) in [6, 6.07) is 6.17. The summed E-state index contributed by atoms with van der Waals surface area (Å²) in [7, 11) is -3.99. The van der Waals surface area contributed by atoms with Crippen LogP contribution in [0.1, 0.15) is 17.4 Å². The van der Waals surface area contributed by atoms with Gasteiger partial charge in [0.2, 0.25) is 16.0 Å². The van der Waals surface area contributed by atoms with Gasteiger partial charge in [-0.15, -0.1) is 0 Å². The van der Waals surface area contributed by atoms with Crippen LogP contribution in [0.2, 0.25) is 0 Å². The molecule has 2 aromatic rings. The highest BCUT2D eigenvalue weighted by Crippen LogP contribution is 2.23. The van der Waals surface area contributed by atoms with Gasteiger partial charge in [0.1, 0.15) is 12.8 Å². The molecule has 2 atom stereocenters. The fourth-order valence-corrected chi connectivity index (χ4v) is 2.92. The molecule has 1 aromatic carbocycles. The topological polar surface area (TPSA) is 108 Å². The van der Waals surface area contributed by atoms with Crippen molar-refractivity contribution in [2.75, 3.05) is 12.7 Å². The number of aliphatic hydroxyl groups excluding tert-OH is 1. The lowest BCUT2D eigenvalue weighted by atomic mass is 9.99. The molecule has 0 unspecified atom stereocenters. The SMILES string of the molecule is O=C(N[C@H](CF)[C@@H](O)c1ccc(-c2ccc(CNS(=O)(=O)CF)nc2)cc1)C(F)F. The molecule has 0 saturated carbocycles. The number of aromatic nitrogens is 1. The van der Waals surface area contributed by atoms with Crippen LogP contribution in [0.15, 0.2) is 42.6 Å². The molecule has 1 heterocycles. The van der Waals surface area contributed by atoms with Gasteiger partial charge in [0.15, 0.2) is 0 Å². The number of aliphatic hydroxyl groups is 1. The van der Waals surface area contributed by atoms with Gasteiger partial charge in [0, 0.05) is 11.8 Å². The van der Waals surface area contributed by atoms with Crippen LogP contribution < -0.4 is 10.0 Å². The molecule has 0 aliphatic carbocycles. The smallest absolute Gasteiger partial charge is 0.315 e. The number of nitrogens with one attached hydrogen (secondary N) is 2. The van der Waals surface area contributed by atoms with Gasteiger partial charge in [-0.2, -0.15) is 8.78 Å². The van der Waals surface area contributed by atoms with E-state index >= 15 is 0 Å². The summed E-state index contributed by atoms with van der Waals surface area (Å²) < 4.78 is 74.2. The summed E-state index contributed by atoms with van der Waals surface area (Å²) >= 11 is 0. The Bertz CT molecular complexity index is 941. The second kappa shape index (κ2) is 10.5. The molecule has 164 valence electrons. The number of sulfonamides is 1. The van der Waals surface area contributed by atoms with Crippen LogP contribution in [0.5, 0.6) is 0 Å². The van der Waals surface area contributed by atoms with Crippen molar-refractivity contribution in [2.24, 2.45) is 0 Å². The van der Waals surface area contributed by atoms with E-state index < -0.39 is 47.2 Å². The predicted molar refractivity (Wildman–Crippen MR) is 100 cm³/mol. The summed E-state index contributed by atoms with van der Waals surface area (Å²) in [6.45, 7) is -1.41. The van der Waals surface area contributed by atoms with Crippen LogP contribution >= 0.6 is 0 Å². The van der Waals surface area contributed by atoms with Gasteiger partial charge in [0.05, 0.1) is 18.3 Å². The quantitative estimate of drug-likeness (QED) is 0.480. The molecule has 0 aliphatic rings. The van der Waals surface area contributed by atoms with Crippen molar-refractivity contribution in [3.63, 3.8) is 0 Å². The number of nitrogens with zero attached hydrogens (tertiary/aromatic N) is 1. The second-order valence-corrected chi connectivity index (χ2v) is 7.96. The Kier molecular flexibility index (Phi) is 8.26. The van der Waals surface area contributed by atoms with Gasteiger partial charge >= 0.3 is 6.43 Å². The second-order valence-electron chi connectivity index (χ2n) is 6.22. The van der Waals surface area contributed by atoms with Crippen LogP contribution in [-0.2, 0) is 21.4 Å². The van der Waals surface area contributed by atoms with E-state index in [0.717, 1.165) is 0 Å². The van der Waals surface area contributed by atoms with E-state index in [0.29, 0.717) is 16.8 Å². The number of benzene rings is 1. The molecule has 1 amide bonds. The molecule has 3 N–H and O–H groups in total. The summed E-state index contributed by atoms with van der Waals surface area (Å²) in [6.07, 6.45) is -3.40. The molecule has 2 rings (SSSR count). The van der Waals surface area contributed by atoms with Gasteiger partial charge in [-0.3, -0.25) is 9.78 Å². The minimum Gasteiger partial charge on any atom is -0.386 e. The third-order valence-electron chi connectivity index (χ3n) is 4.10. The van der Waals surface area contributed by atoms with Crippen LogP contribution in [0.25, 0.3) is 11.1 Å².